The van der Waals surface area contributed by atoms with Crippen LogP contribution in [0.2, 0.25) is 0 Å². The van der Waals surface area contributed by atoms with E-state index in [0.717, 1.165) is 18.9 Å². The van der Waals surface area contributed by atoms with E-state index in [9.17, 15) is 9.90 Å². The van der Waals surface area contributed by atoms with Crippen LogP contribution in [0.3, 0.4) is 0 Å². The molecule has 1 aliphatic carbocycles. The maximum absolute atomic E-state index is 11.5. The summed E-state index contributed by atoms with van der Waals surface area (Å²) < 4.78 is 0. The maximum Gasteiger partial charge on any atom is 0.236 e. The van der Waals surface area contributed by atoms with Gasteiger partial charge in [-0.25, -0.2) is 0 Å². The molecule has 14 heavy (non-hydrogen) atoms. The van der Waals surface area contributed by atoms with Gasteiger partial charge in [0.25, 0.3) is 0 Å². The second-order valence-corrected chi connectivity index (χ2v) is 4.36. The van der Waals surface area contributed by atoms with Crippen molar-refractivity contribution in [1.82, 2.24) is 10.2 Å². The fraction of sp³-hybridized carbons (Fsp3) is 0.900. The van der Waals surface area contributed by atoms with E-state index < -0.39 is 0 Å². The van der Waals surface area contributed by atoms with E-state index >= 15 is 0 Å². The number of nitrogens with zero attached hydrogens (tertiary/aromatic N) is 1. The first-order valence-corrected chi connectivity index (χ1v) is 5.42. The zero-order valence-corrected chi connectivity index (χ0v) is 8.41. The smallest absolute Gasteiger partial charge is 0.236 e. The lowest BCUT2D eigenvalue weighted by molar-refractivity contribution is -0.129. The average Bonchev–Trinajstić information content (AvgIpc) is 2.87. The molecule has 2 N–H and O–H groups in total. The highest BCUT2D eigenvalue weighted by atomic mass is 16.3. The number of carbonyl (C=O) groups is 1. The molecular weight excluding hydrogens is 180 g/mol. The van der Waals surface area contributed by atoms with Gasteiger partial charge in [-0.3, -0.25) is 4.79 Å². The van der Waals surface area contributed by atoms with E-state index in [2.05, 4.69) is 5.32 Å². The van der Waals surface area contributed by atoms with Crippen LogP contribution < -0.4 is 5.32 Å². The number of likely N-dealkylation sites (tertiary alicyclic amines) is 1. The molecule has 0 unspecified atom stereocenters. The Morgan fingerprint density at radius 1 is 1.43 bits per heavy atom. The van der Waals surface area contributed by atoms with Gasteiger partial charge in [0.05, 0.1) is 12.6 Å². The number of amides is 1. The Morgan fingerprint density at radius 3 is 2.79 bits per heavy atom. The van der Waals surface area contributed by atoms with Gasteiger partial charge in [-0.2, -0.15) is 0 Å². The summed E-state index contributed by atoms with van der Waals surface area (Å²) in [5.41, 5.74) is 0. The first-order valence-electron chi connectivity index (χ1n) is 5.42. The van der Waals surface area contributed by atoms with Gasteiger partial charge in [0.15, 0.2) is 0 Å². The van der Waals surface area contributed by atoms with Crippen LogP contribution in [0.4, 0.5) is 0 Å². The number of hydrogen-bond acceptors (Lipinski definition) is 3. The van der Waals surface area contributed by atoms with E-state index in [0.29, 0.717) is 19.6 Å². The van der Waals surface area contributed by atoms with Gasteiger partial charge in [0, 0.05) is 13.1 Å². The standard InChI is InChI=1S/C10H18N2O2/c13-9-3-4-12(7-9)10(14)6-11-5-8-1-2-8/h8-9,11,13H,1-7H2/t9-/m1/s1. The zero-order chi connectivity index (χ0) is 9.97. The van der Waals surface area contributed by atoms with Crippen molar-refractivity contribution in [1.29, 1.82) is 0 Å². The van der Waals surface area contributed by atoms with Crippen LogP contribution in [-0.2, 0) is 4.79 Å². The van der Waals surface area contributed by atoms with Crippen molar-refractivity contribution in [3.8, 4) is 0 Å². The van der Waals surface area contributed by atoms with Crippen LogP contribution in [0, 0.1) is 5.92 Å². The van der Waals surface area contributed by atoms with Gasteiger partial charge in [0.1, 0.15) is 0 Å². The number of aliphatic hydroxyl groups is 1. The number of carbonyl (C=O) groups excluding carboxylic acids is 1. The average molecular weight is 198 g/mol. The van der Waals surface area contributed by atoms with Crippen molar-refractivity contribution in [2.24, 2.45) is 5.92 Å². The lowest BCUT2D eigenvalue weighted by Crippen LogP contribution is -2.37. The van der Waals surface area contributed by atoms with Crippen LogP contribution in [-0.4, -0.2) is 48.2 Å². The molecule has 2 fully saturated rings. The Bertz CT molecular complexity index is 216. The van der Waals surface area contributed by atoms with Gasteiger partial charge < -0.3 is 15.3 Å². The van der Waals surface area contributed by atoms with Crippen molar-refractivity contribution in [2.75, 3.05) is 26.2 Å². The van der Waals surface area contributed by atoms with Crippen LogP contribution in [0.15, 0.2) is 0 Å². The van der Waals surface area contributed by atoms with Crippen LogP contribution in [0.1, 0.15) is 19.3 Å². The van der Waals surface area contributed by atoms with Crippen molar-refractivity contribution in [3.63, 3.8) is 0 Å². The highest BCUT2D eigenvalue weighted by molar-refractivity contribution is 5.78. The highest BCUT2D eigenvalue weighted by Gasteiger charge is 2.25. The Balaban J connectivity index is 1.61. The summed E-state index contributed by atoms with van der Waals surface area (Å²) in [7, 11) is 0. The van der Waals surface area contributed by atoms with Gasteiger partial charge in [-0.05, 0) is 31.7 Å². The molecule has 0 bridgehead atoms. The fourth-order valence-electron chi connectivity index (χ4n) is 1.79. The molecule has 0 aromatic heterocycles. The van der Waals surface area contributed by atoms with E-state index in [-0.39, 0.29) is 12.0 Å². The van der Waals surface area contributed by atoms with Gasteiger partial charge in [0.2, 0.25) is 5.91 Å². The van der Waals surface area contributed by atoms with Crippen LogP contribution in [0.25, 0.3) is 0 Å². The normalized spacial score (nSPS) is 26.9. The summed E-state index contributed by atoms with van der Waals surface area (Å²) >= 11 is 0. The third-order valence-electron chi connectivity index (χ3n) is 2.92. The SMILES string of the molecule is O=C(CNCC1CC1)N1CC[C@@H](O)C1. The minimum Gasteiger partial charge on any atom is -0.391 e. The number of rotatable bonds is 4. The fourth-order valence-corrected chi connectivity index (χ4v) is 1.79. The second-order valence-electron chi connectivity index (χ2n) is 4.36. The molecule has 0 radical (unpaired) electrons. The van der Waals surface area contributed by atoms with E-state index in [1.54, 1.807) is 4.90 Å². The first kappa shape index (κ1) is 9.93. The predicted molar refractivity (Wildman–Crippen MR) is 52.8 cm³/mol. The predicted octanol–water partition coefficient (Wildman–Crippen LogP) is -0.421. The Morgan fingerprint density at radius 2 is 2.21 bits per heavy atom. The molecule has 4 nitrogen and oxygen atoms in total. The lowest BCUT2D eigenvalue weighted by atomic mass is 10.3. The number of hydrogen-bond donors (Lipinski definition) is 2. The Kier molecular flexibility index (Phi) is 3.03. The third kappa shape index (κ3) is 2.69. The summed E-state index contributed by atoms with van der Waals surface area (Å²) in [4.78, 5) is 13.3. The molecule has 0 aromatic rings. The van der Waals surface area contributed by atoms with E-state index in [1.165, 1.54) is 12.8 Å². The van der Waals surface area contributed by atoms with Gasteiger partial charge in [-0.1, -0.05) is 0 Å². The molecule has 1 heterocycles. The molecular formula is C10H18N2O2. The third-order valence-corrected chi connectivity index (χ3v) is 2.92. The monoisotopic (exact) mass is 198 g/mol. The molecule has 1 aliphatic heterocycles. The van der Waals surface area contributed by atoms with Crippen LogP contribution in [0.5, 0.6) is 0 Å². The van der Waals surface area contributed by atoms with Crippen molar-refractivity contribution >= 4 is 5.91 Å². The van der Waals surface area contributed by atoms with E-state index in [4.69, 9.17) is 0 Å². The highest BCUT2D eigenvalue weighted by Crippen LogP contribution is 2.27. The summed E-state index contributed by atoms with van der Waals surface area (Å²) in [5, 5.41) is 12.4. The zero-order valence-electron chi connectivity index (χ0n) is 8.41. The Hall–Kier alpha value is -0.610. The quantitative estimate of drug-likeness (QED) is 0.645. The molecule has 2 aliphatic rings. The van der Waals surface area contributed by atoms with Gasteiger partial charge >= 0.3 is 0 Å². The number of β-amino-alcohol motifs (C(OH)–C–C–N with tert-alkyl or cyclic N) is 1. The minimum absolute atomic E-state index is 0.127. The lowest BCUT2D eigenvalue weighted by Gasteiger charge is -2.15. The maximum atomic E-state index is 11.5. The van der Waals surface area contributed by atoms with Crippen molar-refractivity contribution in [3.05, 3.63) is 0 Å². The van der Waals surface area contributed by atoms with Crippen LogP contribution >= 0.6 is 0 Å². The molecule has 0 aromatic carbocycles. The molecule has 1 saturated heterocycles. The molecule has 0 spiro atoms. The topological polar surface area (TPSA) is 52.6 Å². The van der Waals surface area contributed by atoms with E-state index in [1.807, 2.05) is 0 Å². The molecule has 80 valence electrons. The minimum atomic E-state index is -0.303. The molecule has 4 heteroatoms. The summed E-state index contributed by atoms with van der Waals surface area (Å²) in [6.45, 7) is 2.64. The summed E-state index contributed by atoms with van der Waals surface area (Å²) in [6.07, 6.45) is 3.05. The first-order chi connectivity index (χ1) is 6.75. The second kappa shape index (κ2) is 4.28. The molecule has 2 rings (SSSR count). The number of nitrogens with one attached hydrogen (secondary N) is 1. The summed E-state index contributed by atoms with van der Waals surface area (Å²) in [6, 6.07) is 0. The molecule has 1 saturated carbocycles. The van der Waals surface area contributed by atoms with Gasteiger partial charge in [-0.15, -0.1) is 0 Å². The molecule has 1 amide bonds. The largest absolute Gasteiger partial charge is 0.391 e. The number of aliphatic hydroxyl groups excluding tert-OH is 1. The van der Waals surface area contributed by atoms with Crippen molar-refractivity contribution in [2.45, 2.75) is 25.4 Å². The molecule has 1 atom stereocenters. The summed E-state index contributed by atoms with van der Waals surface area (Å²) in [5.74, 6) is 0.939. The van der Waals surface area contributed by atoms with Crippen molar-refractivity contribution < 1.29 is 9.90 Å². The Labute approximate surface area is 84.3 Å².